The number of nitrogens with zero attached hydrogens (tertiary/aromatic N) is 2. The Morgan fingerprint density at radius 2 is 2.00 bits per heavy atom. The summed E-state index contributed by atoms with van der Waals surface area (Å²) in [6, 6.07) is 8.93. The van der Waals surface area contributed by atoms with E-state index in [-0.39, 0.29) is 0 Å². The van der Waals surface area contributed by atoms with Crippen LogP contribution in [0.4, 0.5) is 0 Å². The van der Waals surface area contributed by atoms with Gasteiger partial charge in [0.15, 0.2) is 5.16 Å². The molecule has 0 bridgehead atoms. The highest BCUT2D eigenvalue weighted by Gasteiger charge is 2.19. The zero-order valence-corrected chi connectivity index (χ0v) is 11.7. The summed E-state index contributed by atoms with van der Waals surface area (Å²) < 4.78 is 0. The van der Waals surface area contributed by atoms with Crippen molar-refractivity contribution in [1.29, 1.82) is 0 Å². The first kappa shape index (κ1) is 13.1. The van der Waals surface area contributed by atoms with Crippen molar-refractivity contribution in [3.63, 3.8) is 0 Å². The minimum absolute atomic E-state index is 0.292. The van der Waals surface area contributed by atoms with E-state index in [9.17, 15) is 0 Å². The monoisotopic (exact) mass is 262 g/mol. The van der Waals surface area contributed by atoms with Crippen LogP contribution in [0.15, 0.2) is 35.7 Å². The van der Waals surface area contributed by atoms with Crippen LogP contribution in [-0.4, -0.2) is 27.5 Å². The van der Waals surface area contributed by atoms with Crippen LogP contribution in [0.2, 0.25) is 0 Å². The van der Waals surface area contributed by atoms with E-state index in [2.05, 4.69) is 58.6 Å². The van der Waals surface area contributed by atoms with Gasteiger partial charge in [-0.05, 0) is 19.5 Å². The molecule has 4 nitrogen and oxygen atoms in total. The lowest BCUT2D eigenvalue weighted by molar-refractivity contribution is 0.588. The van der Waals surface area contributed by atoms with Crippen LogP contribution in [0, 0.1) is 6.92 Å². The van der Waals surface area contributed by atoms with Crippen molar-refractivity contribution in [3.05, 3.63) is 41.7 Å². The van der Waals surface area contributed by atoms with Gasteiger partial charge in [0.25, 0.3) is 0 Å². The zero-order chi connectivity index (χ0) is 13.0. The van der Waals surface area contributed by atoms with Crippen LogP contribution in [-0.2, 0) is 0 Å². The lowest BCUT2D eigenvalue weighted by Gasteiger charge is -2.22. The minimum Gasteiger partial charge on any atom is -0.312 e. The third kappa shape index (κ3) is 3.11. The number of hydrogen-bond donors (Lipinski definition) is 2. The molecule has 1 aromatic heterocycles. The molecule has 2 aromatic rings. The molecule has 0 radical (unpaired) electrons. The summed E-state index contributed by atoms with van der Waals surface area (Å²) in [6.07, 6.45) is 1.54. The van der Waals surface area contributed by atoms with E-state index in [0.29, 0.717) is 11.3 Å². The summed E-state index contributed by atoms with van der Waals surface area (Å²) in [6.45, 7) is 4.29. The van der Waals surface area contributed by atoms with E-state index in [4.69, 9.17) is 0 Å². The maximum Gasteiger partial charge on any atom is 0.183 e. The second-order valence-corrected chi connectivity index (χ2v) is 5.66. The molecule has 0 saturated carbocycles. The molecule has 2 N–H and O–H groups in total. The molecule has 0 aliphatic heterocycles. The number of rotatable bonds is 5. The molecule has 2 rings (SSSR count). The summed E-state index contributed by atoms with van der Waals surface area (Å²) in [4.78, 5) is 4.15. The normalized spacial score (nSPS) is 14.4. The highest BCUT2D eigenvalue weighted by atomic mass is 32.2. The average molecular weight is 262 g/mol. The molecule has 0 amide bonds. The molecule has 0 aliphatic rings. The van der Waals surface area contributed by atoms with Gasteiger partial charge in [-0.1, -0.05) is 48.5 Å². The maximum atomic E-state index is 4.15. The van der Waals surface area contributed by atoms with Crippen LogP contribution in [0.25, 0.3) is 0 Å². The molecule has 1 aromatic carbocycles. The van der Waals surface area contributed by atoms with Crippen molar-refractivity contribution in [1.82, 2.24) is 20.5 Å². The number of aromatic amines is 1. The summed E-state index contributed by atoms with van der Waals surface area (Å²) >= 11 is 1.69. The first-order chi connectivity index (χ1) is 8.70. The fraction of sp³-hybridized carbons (Fsp3) is 0.385. The summed E-state index contributed by atoms with van der Waals surface area (Å²) in [5.74, 6) is 0. The van der Waals surface area contributed by atoms with Crippen LogP contribution in [0.1, 0.15) is 24.1 Å². The van der Waals surface area contributed by atoms with E-state index in [1.54, 1.807) is 11.8 Å². The Balaban J connectivity index is 2.10. The molecule has 0 aliphatic carbocycles. The van der Waals surface area contributed by atoms with Crippen molar-refractivity contribution in [3.8, 4) is 0 Å². The van der Waals surface area contributed by atoms with E-state index in [1.807, 2.05) is 7.05 Å². The molecule has 96 valence electrons. The molecular formula is C13H18N4S. The predicted molar refractivity (Wildman–Crippen MR) is 74.7 cm³/mol. The molecule has 2 atom stereocenters. The Morgan fingerprint density at radius 1 is 1.28 bits per heavy atom. The first-order valence-corrected chi connectivity index (χ1v) is 6.84. The van der Waals surface area contributed by atoms with Gasteiger partial charge in [0.2, 0.25) is 0 Å². The van der Waals surface area contributed by atoms with Crippen molar-refractivity contribution < 1.29 is 0 Å². The lowest BCUT2D eigenvalue weighted by Crippen LogP contribution is -2.25. The topological polar surface area (TPSA) is 53.6 Å². The van der Waals surface area contributed by atoms with Gasteiger partial charge in [-0.3, -0.25) is 5.10 Å². The summed E-state index contributed by atoms with van der Waals surface area (Å²) in [5.41, 5.74) is 2.58. The van der Waals surface area contributed by atoms with Crippen LogP contribution in [0.3, 0.4) is 0 Å². The van der Waals surface area contributed by atoms with Gasteiger partial charge in [0.05, 0.1) is 0 Å². The number of aromatic nitrogens is 3. The molecule has 2 unspecified atom stereocenters. The number of hydrogen-bond acceptors (Lipinski definition) is 4. The van der Waals surface area contributed by atoms with Crippen LogP contribution < -0.4 is 5.32 Å². The Bertz CT molecular complexity index is 466. The Kier molecular flexibility index (Phi) is 4.38. The van der Waals surface area contributed by atoms with Crippen molar-refractivity contribution in [2.45, 2.75) is 30.3 Å². The van der Waals surface area contributed by atoms with Gasteiger partial charge < -0.3 is 5.32 Å². The van der Waals surface area contributed by atoms with E-state index < -0.39 is 0 Å². The smallest absolute Gasteiger partial charge is 0.183 e. The minimum atomic E-state index is 0.292. The third-order valence-corrected chi connectivity index (χ3v) is 3.97. The largest absolute Gasteiger partial charge is 0.312 e. The predicted octanol–water partition coefficient (Wildman–Crippen LogP) is 2.55. The summed E-state index contributed by atoms with van der Waals surface area (Å²) in [5, 5.41) is 11.3. The van der Waals surface area contributed by atoms with Gasteiger partial charge in [-0.15, -0.1) is 0 Å². The highest BCUT2D eigenvalue weighted by Crippen LogP contribution is 2.29. The molecule has 0 saturated heterocycles. The fourth-order valence-electron chi connectivity index (χ4n) is 1.94. The Morgan fingerprint density at radius 3 is 2.56 bits per heavy atom. The van der Waals surface area contributed by atoms with Crippen molar-refractivity contribution in [2.75, 3.05) is 7.05 Å². The third-order valence-electron chi connectivity index (χ3n) is 2.91. The number of nitrogens with one attached hydrogen (secondary N) is 2. The van der Waals surface area contributed by atoms with Gasteiger partial charge in [-0.25, -0.2) is 4.98 Å². The molecule has 0 spiro atoms. The van der Waals surface area contributed by atoms with Crippen LogP contribution >= 0.6 is 11.8 Å². The second-order valence-electron chi connectivity index (χ2n) is 4.29. The summed E-state index contributed by atoms with van der Waals surface area (Å²) in [7, 11) is 1.99. The number of aryl methyl sites for hydroxylation is 1. The molecule has 0 fully saturated rings. The first-order valence-electron chi connectivity index (χ1n) is 5.96. The number of thioether (sulfide) groups is 1. The molecular weight excluding hydrogens is 244 g/mol. The average Bonchev–Trinajstić information content (AvgIpc) is 2.85. The van der Waals surface area contributed by atoms with Crippen molar-refractivity contribution in [2.24, 2.45) is 0 Å². The van der Waals surface area contributed by atoms with Gasteiger partial charge in [-0.2, -0.15) is 5.10 Å². The molecule has 18 heavy (non-hydrogen) atoms. The fourth-order valence-corrected chi connectivity index (χ4v) is 2.94. The standard InChI is InChI=1S/C13H18N4S/c1-9-4-6-11(7-5-9)12(14-3)10(2)18-13-15-8-16-17-13/h4-8,10,12,14H,1-3H3,(H,15,16,17). The Hall–Kier alpha value is -1.33. The maximum absolute atomic E-state index is 4.15. The Labute approximate surface area is 112 Å². The lowest BCUT2D eigenvalue weighted by atomic mass is 10.0. The number of H-pyrrole nitrogens is 1. The second kappa shape index (κ2) is 6.02. The number of benzene rings is 1. The quantitative estimate of drug-likeness (QED) is 0.813. The van der Waals surface area contributed by atoms with Gasteiger partial charge in [0, 0.05) is 11.3 Å². The highest BCUT2D eigenvalue weighted by molar-refractivity contribution is 7.99. The van der Waals surface area contributed by atoms with E-state index in [1.165, 1.54) is 17.5 Å². The van der Waals surface area contributed by atoms with Crippen molar-refractivity contribution >= 4 is 11.8 Å². The zero-order valence-electron chi connectivity index (χ0n) is 10.8. The SMILES string of the molecule is CNC(c1ccc(C)cc1)C(C)Sc1ncn[nH]1. The van der Waals surface area contributed by atoms with E-state index in [0.717, 1.165) is 5.16 Å². The van der Waals surface area contributed by atoms with Gasteiger partial charge >= 0.3 is 0 Å². The van der Waals surface area contributed by atoms with Gasteiger partial charge in [0.1, 0.15) is 6.33 Å². The molecule has 5 heteroatoms. The van der Waals surface area contributed by atoms with E-state index >= 15 is 0 Å². The molecule has 1 heterocycles. The van der Waals surface area contributed by atoms with Crippen LogP contribution in [0.5, 0.6) is 0 Å².